The highest BCUT2D eigenvalue weighted by molar-refractivity contribution is 5.77. The fourth-order valence-electron chi connectivity index (χ4n) is 3.74. The SMILES string of the molecule is COc1ccc(OCC(=O)N2CCC(Cc3nc(-c4ccc(OC)cc4)no3)CC2)cc1. The van der Waals surface area contributed by atoms with Crippen LogP contribution in [0.3, 0.4) is 0 Å². The van der Waals surface area contributed by atoms with Crippen LogP contribution in [0.5, 0.6) is 17.2 Å². The van der Waals surface area contributed by atoms with Crippen molar-refractivity contribution in [2.45, 2.75) is 19.3 Å². The lowest BCUT2D eigenvalue weighted by molar-refractivity contribution is -0.134. The summed E-state index contributed by atoms with van der Waals surface area (Å²) >= 11 is 0. The Labute approximate surface area is 187 Å². The Balaban J connectivity index is 1.23. The minimum atomic E-state index is -0.00106. The number of nitrogens with zero attached hydrogens (tertiary/aromatic N) is 3. The third-order valence-electron chi connectivity index (χ3n) is 5.67. The van der Waals surface area contributed by atoms with Gasteiger partial charge in [-0.25, -0.2) is 0 Å². The van der Waals surface area contributed by atoms with Gasteiger partial charge in [-0.05, 0) is 67.3 Å². The number of hydrogen-bond acceptors (Lipinski definition) is 7. The molecule has 1 aromatic heterocycles. The number of benzene rings is 2. The lowest BCUT2D eigenvalue weighted by Crippen LogP contribution is -2.41. The van der Waals surface area contributed by atoms with Crippen molar-refractivity contribution >= 4 is 5.91 Å². The van der Waals surface area contributed by atoms with Crippen molar-refractivity contribution in [2.75, 3.05) is 33.9 Å². The molecule has 8 nitrogen and oxygen atoms in total. The summed E-state index contributed by atoms with van der Waals surface area (Å²) in [5, 5.41) is 4.10. The van der Waals surface area contributed by atoms with Crippen LogP contribution in [0.2, 0.25) is 0 Å². The topological polar surface area (TPSA) is 86.9 Å². The fraction of sp³-hybridized carbons (Fsp3) is 0.375. The molecule has 3 aromatic rings. The van der Waals surface area contributed by atoms with Crippen LogP contribution in [0, 0.1) is 5.92 Å². The zero-order valence-electron chi connectivity index (χ0n) is 18.3. The molecule has 2 heterocycles. The van der Waals surface area contributed by atoms with E-state index in [-0.39, 0.29) is 12.5 Å². The molecule has 0 unspecified atom stereocenters. The second kappa shape index (κ2) is 10.2. The van der Waals surface area contributed by atoms with Crippen molar-refractivity contribution in [3.05, 3.63) is 54.4 Å². The van der Waals surface area contributed by atoms with Gasteiger partial charge in [0, 0.05) is 25.1 Å². The van der Waals surface area contributed by atoms with E-state index >= 15 is 0 Å². The summed E-state index contributed by atoms with van der Waals surface area (Å²) < 4.78 is 21.4. The first-order valence-corrected chi connectivity index (χ1v) is 10.7. The normalized spacial score (nSPS) is 14.2. The molecule has 0 aliphatic carbocycles. The van der Waals surface area contributed by atoms with Crippen LogP contribution in [-0.4, -0.2) is 54.9 Å². The highest BCUT2D eigenvalue weighted by atomic mass is 16.5. The van der Waals surface area contributed by atoms with E-state index in [2.05, 4.69) is 10.1 Å². The van der Waals surface area contributed by atoms with Gasteiger partial charge in [0.1, 0.15) is 17.2 Å². The Bertz CT molecular complexity index is 1010. The van der Waals surface area contributed by atoms with Gasteiger partial charge >= 0.3 is 0 Å². The molecule has 168 valence electrons. The molecular weight excluding hydrogens is 410 g/mol. The second-order valence-corrected chi connectivity index (χ2v) is 7.73. The number of aromatic nitrogens is 2. The first kappa shape index (κ1) is 21.7. The van der Waals surface area contributed by atoms with Gasteiger partial charge in [-0.3, -0.25) is 4.79 Å². The molecular formula is C24H27N3O5. The van der Waals surface area contributed by atoms with E-state index in [0.717, 1.165) is 29.9 Å². The number of carbonyl (C=O) groups is 1. The smallest absolute Gasteiger partial charge is 0.260 e. The molecule has 0 spiro atoms. The van der Waals surface area contributed by atoms with E-state index < -0.39 is 0 Å². The van der Waals surface area contributed by atoms with Crippen molar-refractivity contribution in [2.24, 2.45) is 5.92 Å². The summed E-state index contributed by atoms with van der Waals surface area (Å²) in [6, 6.07) is 14.8. The predicted molar refractivity (Wildman–Crippen MR) is 118 cm³/mol. The molecule has 4 rings (SSSR count). The molecule has 32 heavy (non-hydrogen) atoms. The van der Waals surface area contributed by atoms with Gasteiger partial charge in [0.15, 0.2) is 6.61 Å². The standard InChI is InChI=1S/C24H27N3O5/c1-29-19-5-3-18(4-6-19)24-25-22(32-26-24)15-17-11-13-27(14-12-17)23(28)16-31-21-9-7-20(30-2)8-10-21/h3-10,17H,11-16H2,1-2H3. The van der Waals surface area contributed by atoms with E-state index in [1.54, 1.807) is 26.4 Å². The van der Waals surface area contributed by atoms with Crippen LogP contribution in [0.25, 0.3) is 11.4 Å². The largest absolute Gasteiger partial charge is 0.497 e. The summed E-state index contributed by atoms with van der Waals surface area (Å²) in [7, 11) is 3.25. The van der Waals surface area contributed by atoms with Gasteiger partial charge in [0.05, 0.1) is 14.2 Å². The maximum absolute atomic E-state index is 12.5. The molecule has 1 aliphatic rings. The Morgan fingerprint density at radius 3 is 2.19 bits per heavy atom. The van der Waals surface area contributed by atoms with Gasteiger partial charge < -0.3 is 23.6 Å². The summed E-state index contributed by atoms with van der Waals surface area (Å²) in [6.07, 6.45) is 2.51. The Kier molecular flexibility index (Phi) is 6.89. The maximum Gasteiger partial charge on any atom is 0.260 e. The quantitative estimate of drug-likeness (QED) is 0.532. The number of likely N-dealkylation sites (tertiary alicyclic amines) is 1. The molecule has 0 saturated carbocycles. The molecule has 0 bridgehead atoms. The zero-order valence-corrected chi connectivity index (χ0v) is 18.3. The molecule has 1 aliphatic heterocycles. The van der Waals surface area contributed by atoms with Crippen molar-refractivity contribution in [3.8, 4) is 28.6 Å². The minimum absolute atomic E-state index is 0.00106. The molecule has 1 amide bonds. The number of piperidine rings is 1. The molecule has 2 aromatic carbocycles. The van der Waals surface area contributed by atoms with E-state index in [1.165, 1.54) is 0 Å². The van der Waals surface area contributed by atoms with Crippen LogP contribution in [0.15, 0.2) is 53.1 Å². The Hall–Kier alpha value is -3.55. The molecule has 0 atom stereocenters. The Morgan fingerprint density at radius 2 is 1.56 bits per heavy atom. The lowest BCUT2D eigenvalue weighted by Gasteiger charge is -2.31. The third-order valence-corrected chi connectivity index (χ3v) is 5.67. The van der Waals surface area contributed by atoms with Gasteiger partial charge in [-0.2, -0.15) is 4.98 Å². The van der Waals surface area contributed by atoms with E-state index in [9.17, 15) is 4.79 Å². The summed E-state index contributed by atoms with van der Waals surface area (Å²) in [6.45, 7) is 1.44. The molecule has 8 heteroatoms. The van der Waals surface area contributed by atoms with E-state index in [1.807, 2.05) is 41.3 Å². The number of hydrogen-bond donors (Lipinski definition) is 0. The number of rotatable bonds is 8. The number of methoxy groups -OCH3 is 2. The Morgan fingerprint density at radius 1 is 0.969 bits per heavy atom. The van der Waals surface area contributed by atoms with Gasteiger partial charge in [0.2, 0.25) is 11.7 Å². The lowest BCUT2D eigenvalue weighted by atomic mass is 9.93. The third kappa shape index (κ3) is 5.38. The van der Waals surface area contributed by atoms with Crippen LogP contribution < -0.4 is 14.2 Å². The van der Waals surface area contributed by atoms with E-state index in [0.29, 0.717) is 42.9 Å². The van der Waals surface area contributed by atoms with Crippen LogP contribution in [-0.2, 0) is 11.2 Å². The predicted octanol–water partition coefficient (Wildman–Crippen LogP) is 3.61. The highest BCUT2D eigenvalue weighted by Crippen LogP contribution is 2.24. The summed E-state index contributed by atoms with van der Waals surface area (Å²) in [5.41, 5.74) is 0.887. The number of amides is 1. The van der Waals surface area contributed by atoms with E-state index in [4.69, 9.17) is 18.7 Å². The fourth-order valence-corrected chi connectivity index (χ4v) is 3.74. The average molecular weight is 437 g/mol. The maximum atomic E-state index is 12.5. The summed E-state index contributed by atoms with van der Waals surface area (Å²) in [5.74, 6) is 3.80. The van der Waals surface area contributed by atoms with Crippen molar-refractivity contribution in [1.29, 1.82) is 0 Å². The number of ether oxygens (including phenoxy) is 3. The van der Waals surface area contributed by atoms with Crippen LogP contribution in [0.1, 0.15) is 18.7 Å². The monoisotopic (exact) mass is 437 g/mol. The molecule has 0 radical (unpaired) electrons. The summed E-state index contributed by atoms with van der Waals surface area (Å²) in [4.78, 5) is 18.9. The van der Waals surface area contributed by atoms with Gasteiger partial charge in [-0.15, -0.1) is 0 Å². The van der Waals surface area contributed by atoms with Crippen molar-refractivity contribution < 1.29 is 23.5 Å². The molecule has 1 saturated heterocycles. The molecule has 1 fully saturated rings. The minimum Gasteiger partial charge on any atom is -0.497 e. The number of carbonyl (C=O) groups excluding carboxylic acids is 1. The first-order chi connectivity index (χ1) is 15.6. The van der Waals surface area contributed by atoms with Crippen LogP contribution >= 0.6 is 0 Å². The first-order valence-electron chi connectivity index (χ1n) is 10.7. The van der Waals surface area contributed by atoms with Gasteiger partial charge in [0.25, 0.3) is 5.91 Å². The highest BCUT2D eigenvalue weighted by Gasteiger charge is 2.25. The van der Waals surface area contributed by atoms with Gasteiger partial charge in [-0.1, -0.05) is 5.16 Å². The average Bonchev–Trinajstić information content (AvgIpc) is 3.32. The zero-order chi connectivity index (χ0) is 22.3. The van der Waals surface area contributed by atoms with Crippen molar-refractivity contribution in [1.82, 2.24) is 15.0 Å². The van der Waals surface area contributed by atoms with Crippen LogP contribution in [0.4, 0.5) is 0 Å². The second-order valence-electron chi connectivity index (χ2n) is 7.73. The molecule has 0 N–H and O–H groups in total. The van der Waals surface area contributed by atoms with Crippen molar-refractivity contribution in [3.63, 3.8) is 0 Å².